The zero-order valence-corrected chi connectivity index (χ0v) is 12.0. The van der Waals surface area contributed by atoms with Gasteiger partial charge in [0.05, 0.1) is 12.7 Å². The number of aromatic nitrogens is 1. The molecule has 2 heterocycles. The van der Waals surface area contributed by atoms with Crippen LogP contribution in [0.4, 0.5) is 0 Å². The Morgan fingerprint density at radius 3 is 2.63 bits per heavy atom. The molecule has 1 aliphatic heterocycles. The van der Waals surface area contributed by atoms with Crippen LogP contribution in [0, 0.1) is 11.8 Å². The van der Waals surface area contributed by atoms with Crippen LogP contribution in [-0.4, -0.2) is 35.1 Å². The Balaban J connectivity index is 1.58. The number of hydrogen-bond acceptors (Lipinski definition) is 3. The second-order valence-electron chi connectivity index (χ2n) is 6.28. The fourth-order valence-electron chi connectivity index (χ4n) is 3.58. The first-order valence-electron chi connectivity index (χ1n) is 7.48. The van der Waals surface area contributed by atoms with E-state index in [9.17, 15) is 0 Å². The van der Waals surface area contributed by atoms with Gasteiger partial charge in [-0.3, -0.25) is 4.98 Å². The highest BCUT2D eigenvalue weighted by Crippen LogP contribution is 2.39. The van der Waals surface area contributed by atoms with Crippen LogP contribution in [0.1, 0.15) is 32.3 Å². The van der Waals surface area contributed by atoms with Gasteiger partial charge in [0, 0.05) is 31.5 Å². The third-order valence-electron chi connectivity index (χ3n) is 4.67. The molecule has 2 fully saturated rings. The third kappa shape index (κ3) is 2.82. The molecule has 0 unspecified atom stereocenters. The third-order valence-corrected chi connectivity index (χ3v) is 4.67. The Labute approximate surface area is 116 Å². The minimum Gasteiger partial charge on any atom is -0.373 e. The molecule has 1 aromatic rings. The molecule has 0 spiro atoms. The second-order valence-corrected chi connectivity index (χ2v) is 6.28. The van der Waals surface area contributed by atoms with Gasteiger partial charge in [0.15, 0.2) is 0 Å². The van der Waals surface area contributed by atoms with E-state index in [4.69, 9.17) is 4.74 Å². The molecule has 2 aliphatic rings. The van der Waals surface area contributed by atoms with Crippen LogP contribution in [0.15, 0.2) is 24.5 Å². The van der Waals surface area contributed by atoms with Crippen molar-refractivity contribution in [3.8, 4) is 0 Å². The summed E-state index contributed by atoms with van der Waals surface area (Å²) >= 11 is 0. The molecule has 1 aromatic heterocycles. The molecule has 3 nitrogen and oxygen atoms in total. The fourth-order valence-corrected chi connectivity index (χ4v) is 3.58. The number of likely N-dealkylation sites (tertiary alicyclic amines) is 1. The van der Waals surface area contributed by atoms with Crippen molar-refractivity contribution in [3.63, 3.8) is 0 Å². The molecule has 3 heteroatoms. The van der Waals surface area contributed by atoms with Crippen LogP contribution in [-0.2, 0) is 11.3 Å². The number of pyridine rings is 1. The number of nitrogens with zero attached hydrogens (tertiary/aromatic N) is 2. The summed E-state index contributed by atoms with van der Waals surface area (Å²) in [4.78, 5) is 6.77. The Morgan fingerprint density at radius 2 is 2.05 bits per heavy atom. The summed E-state index contributed by atoms with van der Waals surface area (Å²) in [6.07, 6.45) is 6.87. The van der Waals surface area contributed by atoms with E-state index in [-0.39, 0.29) is 0 Å². The summed E-state index contributed by atoms with van der Waals surface area (Å²) in [7, 11) is 0. The van der Waals surface area contributed by atoms with E-state index in [0.717, 1.165) is 11.8 Å². The van der Waals surface area contributed by atoms with Crippen LogP contribution in [0.25, 0.3) is 0 Å². The largest absolute Gasteiger partial charge is 0.373 e. The molecule has 0 N–H and O–H groups in total. The minimum absolute atomic E-state index is 0.468. The molecule has 19 heavy (non-hydrogen) atoms. The van der Waals surface area contributed by atoms with Gasteiger partial charge in [0.1, 0.15) is 0 Å². The lowest BCUT2D eigenvalue weighted by Gasteiger charge is -2.39. The van der Waals surface area contributed by atoms with Crippen LogP contribution >= 0.6 is 0 Å². The van der Waals surface area contributed by atoms with E-state index in [1.807, 2.05) is 18.5 Å². The number of piperidine rings is 1. The molecule has 1 saturated carbocycles. The summed E-state index contributed by atoms with van der Waals surface area (Å²) in [5.74, 6) is 1.47. The fraction of sp³-hybridized carbons (Fsp3) is 0.688. The second kappa shape index (κ2) is 5.59. The van der Waals surface area contributed by atoms with Gasteiger partial charge in [-0.05, 0) is 50.2 Å². The average molecular weight is 260 g/mol. The van der Waals surface area contributed by atoms with E-state index in [0.29, 0.717) is 18.8 Å². The maximum atomic E-state index is 6.22. The van der Waals surface area contributed by atoms with Gasteiger partial charge in [0.2, 0.25) is 0 Å². The molecular formula is C16H24N2O. The van der Waals surface area contributed by atoms with Crippen molar-refractivity contribution in [2.45, 2.75) is 45.4 Å². The van der Waals surface area contributed by atoms with Crippen LogP contribution < -0.4 is 0 Å². The van der Waals surface area contributed by atoms with Gasteiger partial charge in [-0.25, -0.2) is 0 Å². The van der Waals surface area contributed by atoms with Crippen LogP contribution in [0.5, 0.6) is 0 Å². The van der Waals surface area contributed by atoms with Crippen molar-refractivity contribution in [1.82, 2.24) is 9.88 Å². The summed E-state index contributed by atoms with van der Waals surface area (Å²) in [5, 5.41) is 0. The van der Waals surface area contributed by atoms with E-state index < -0.39 is 0 Å². The lowest BCUT2D eigenvalue weighted by molar-refractivity contribution is -0.0564. The lowest BCUT2D eigenvalue weighted by atomic mass is 9.94. The van der Waals surface area contributed by atoms with Crippen molar-refractivity contribution in [2.75, 3.05) is 13.1 Å². The van der Waals surface area contributed by atoms with Crippen LogP contribution in [0.2, 0.25) is 0 Å². The summed E-state index contributed by atoms with van der Waals surface area (Å²) in [5.41, 5.74) is 1.19. The Kier molecular flexibility index (Phi) is 3.85. The summed E-state index contributed by atoms with van der Waals surface area (Å²) in [6.45, 7) is 7.75. The first-order valence-corrected chi connectivity index (χ1v) is 7.48. The Bertz CT molecular complexity index is 392. The summed E-state index contributed by atoms with van der Waals surface area (Å²) in [6, 6.07) is 4.75. The number of fused-ring (bicyclic) bond motifs is 2. The van der Waals surface area contributed by atoms with E-state index >= 15 is 0 Å². The zero-order chi connectivity index (χ0) is 13.2. The average Bonchev–Trinajstić information content (AvgIpc) is 2.66. The predicted octanol–water partition coefficient (Wildman–Crippen LogP) is 2.72. The van der Waals surface area contributed by atoms with Crippen molar-refractivity contribution in [3.05, 3.63) is 30.1 Å². The number of rotatable bonds is 4. The molecule has 2 bridgehead atoms. The molecule has 1 saturated heterocycles. The highest BCUT2D eigenvalue weighted by atomic mass is 16.5. The maximum Gasteiger partial charge on any atom is 0.0735 e. The smallest absolute Gasteiger partial charge is 0.0735 e. The van der Waals surface area contributed by atoms with Crippen molar-refractivity contribution in [2.24, 2.45) is 11.8 Å². The van der Waals surface area contributed by atoms with E-state index in [2.05, 4.69) is 29.8 Å². The number of ether oxygens (including phenoxy) is 1. The highest BCUT2D eigenvalue weighted by Gasteiger charge is 2.43. The van der Waals surface area contributed by atoms with Gasteiger partial charge in [-0.1, -0.05) is 6.07 Å². The van der Waals surface area contributed by atoms with Gasteiger partial charge in [-0.2, -0.15) is 0 Å². The van der Waals surface area contributed by atoms with Gasteiger partial charge >= 0.3 is 0 Å². The van der Waals surface area contributed by atoms with Crippen molar-refractivity contribution in [1.29, 1.82) is 0 Å². The highest BCUT2D eigenvalue weighted by molar-refractivity contribution is 5.07. The zero-order valence-electron chi connectivity index (χ0n) is 12.0. The molecule has 0 amide bonds. The molecule has 1 aliphatic carbocycles. The monoisotopic (exact) mass is 260 g/mol. The Hall–Kier alpha value is -0.930. The molecule has 104 valence electrons. The SMILES string of the molecule is CC(C)N1C[C@H]2CC[C@@H](C1)[C@H]2OCc1cccnc1. The Morgan fingerprint density at radius 1 is 1.32 bits per heavy atom. The molecule has 0 aromatic carbocycles. The van der Waals surface area contributed by atoms with Crippen molar-refractivity contribution >= 4 is 0 Å². The first-order chi connectivity index (χ1) is 9.24. The van der Waals surface area contributed by atoms with Crippen LogP contribution in [0.3, 0.4) is 0 Å². The van der Waals surface area contributed by atoms with E-state index in [1.165, 1.54) is 31.5 Å². The molecule has 3 atom stereocenters. The lowest BCUT2D eigenvalue weighted by Crippen LogP contribution is -2.48. The molecule has 0 radical (unpaired) electrons. The van der Waals surface area contributed by atoms with Gasteiger partial charge in [-0.15, -0.1) is 0 Å². The van der Waals surface area contributed by atoms with E-state index in [1.54, 1.807) is 0 Å². The topological polar surface area (TPSA) is 25.4 Å². The minimum atomic E-state index is 0.468. The first kappa shape index (κ1) is 13.1. The van der Waals surface area contributed by atoms with Gasteiger partial charge < -0.3 is 9.64 Å². The number of hydrogen-bond donors (Lipinski definition) is 0. The quantitative estimate of drug-likeness (QED) is 0.832. The normalized spacial score (nSPS) is 31.0. The molecular weight excluding hydrogens is 236 g/mol. The molecule has 3 rings (SSSR count). The van der Waals surface area contributed by atoms with Gasteiger partial charge in [0.25, 0.3) is 0 Å². The predicted molar refractivity (Wildman–Crippen MR) is 75.7 cm³/mol. The standard InChI is InChI=1S/C16H24N2O/c1-12(2)18-9-14-5-6-15(10-18)16(14)19-11-13-4-3-7-17-8-13/h3-4,7-8,12,14-16H,5-6,9-11H2,1-2H3/t14-,15+,16+. The summed E-state index contributed by atoms with van der Waals surface area (Å²) < 4.78 is 6.22. The van der Waals surface area contributed by atoms with Crippen molar-refractivity contribution < 1.29 is 4.74 Å². The maximum absolute atomic E-state index is 6.22.